The lowest BCUT2D eigenvalue weighted by atomic mass is 9.82. The number of hydrogen-bond acceptors (Lipinski definition) is 3. The number of nitrogens with one attached hydrogen (secondary N) is 1. The molecule has 4 heteroatoms. The van der Waals surface area contributed by atoms with Crippen LogP contribution in [0.3, 0.4) is 0 Å². The number of likely N-dealkylation sites (tertiary alicyclic amines) is 1. The Morgan fingerprint density at radius 3 is 2.36 bits per heavy atom. The molecule has 0 saturated carbocycles. The molecule has 0 bridgehead atoms. The van der Waals surface area contributed by atoms with E-state index in [4.69, 9.17) is 5.84 Å². The van der Waals surface area contributed by atoms with Crippen LogP contribution < -0.4 is 11.3 Å². The van der Waals surface area contributed by atoms with Gasteiger partial charge in [-0.1, -0.05) is 13.8 Å². The molecule has 3 N–H and O–H groups in total. The Labute approximate surface area is 85.8 Å². The molecule has 1 atom stereocenters. The first-order chi connectivity index (χ1) is 6.46. The van der Waals surface area contributed by atoms with Gasteiger partial charge in [0, 0.05) is 0 Å². The van der Waals surface area contributed by atoms with Crippen LogP contribution in [-0.4, -0.2) is 29.9 Å². The van der Waals surface area contributed by atoms with Crippen molar-refractivity contribution in [2.75, 3.05) is 13.1 Å². The Hall–Kier alpha value is -0.610. The summed E-state index contributed by atoms with van der Waals surface area (Å²) in [4.78, 5) is 13.5. The monoisotopic (exact) mass is 199 g/mol. The molecule has 1 heterocycles. The highest BCUT2D eigenvalue weighted by molar-refractivity contribution is 5.80. The van der Waals surface area contributed by atoms with E-state index < -0.39 is 0 Å². The Morgan fingerprint density at radius 2 is 1.93 bits per heavy atom. The van der Waals surface area contributed by atoms with E-state index in [1.807, 2.05) is 6.92 Å². The molecular weight excluding hydrogens is 178 g/mol. The molecular formula is C10H21N3O. The quantitative estimate of drug-likeness (QED) is 0.386. The lowest BCUT2D eigenvalue weighted by Crippen LogP contribution is -2.50. The van der Waals surface area contributed by atoms with E-state index in [1.165, 1.54) is 0 Å². The van der Waals surface area contributed by atoms with Gasteiger partial charge in [-0.05, 0) is 38.3 Å². The molecule has 0 spiro atoms. The highest BCUT2D eigenvalue weighted by Gasteiger charge is 2.29. The maximum Gasteiger partial charge on any atom is 0.250 e. The summed E-state index contributed by atoms with van der Waals surface area (Å²) in [6.45, 7) is 8.43. The number of amides is 1. The molecule has 0 aromatic heterocycles. The fourth-order valence-electron chi connectivity index (χ4n) is 1.80. The van der Waals surface area contributed by atoms with Crippen LogP contribution in [0.5, 0.6) is 0 Å². The number of nitrogens with two attached hydrogens (primary N) is 1. The molecule has 1 aliphatic heterocycles. The minimum absolute atomic E-state index is 0.0929. The zero-order valence-corrected chi connectivity index (χ0v) is 9.34. The van der Waals surface area contributed by atoms with Gasteiger partial charge < -0.3 is 0 Å². The van der Waals surface area contributed by atoms with E-state index >= 15 is 0 Å². The van der Waals surface area contributed by atoms with Crippen molar-refractivity contribution in [1.82, 2.24) is 10.3 Å². The van der Waals surface area contributed by atoms with Crippen LogP contribution in [0.2, 0.25) is 0 Å². The summed E-state index contributed by atoms with van der Waals surface area (Å²) in [6.07, 6.45) is 2.30. The number of piperidine rings is 1. The zero-order chi connectivity index (χ0) is 10.8. The number of hydrogen-bond donors (Lipinski definition) is 2. The van der Waals surface area contributed by atoms with Crippen LogP contribution in [0, 0.1) is 5.41 Å². The Morgan fingerprint density at radius 1 is 1.43 bits per heavy atom. The average molecular weight is 199 g/mol. The molecule has 1 amide bonds. The number of nitrogens with zero attached hydrogens (tertiary/aromatic N) is 1. The third-order valence-electron chi connectivity index (χ3n) is 3.22. The fourth-order valence-corrected chi connectivity index (χ4v) is 1.80. The first-order valence-corrected chi connectivity index (χ1v) is 5.21. The van der Waals surface area contributed by atoms with E-state index in [0.717, 1.165) is 25.9 Å². The highest BCUT2D eigenvalue weighted by atomic mass is 16.2. The van der Waals surface area contributed by atoms with E-state index in [0.29, 0.717) is 5.41 Å². The molecule has 1 fully saturated rings. The van der Waals surface area contributed by atoms with Crippen molar-refractivity contribution in [3.8, 4) is 0 Å². The second-order valence-corrected chi connectivity index (χ2v) is 4.88. The molecule has 0 aromatic carbocycles. The van der Waals surface area contributed by atoms with Crippen molar-refractivity contribution in [3.63, 3.8) is 0 Å². The van der Waals surface area contributed by atoms with Gasteiger partial charge in [-0.15, -0.1) is 0 Å². The molecule has 1 aliphatic rings. The van der Waals surface area contributed by atoms with Crippen LogP contribution in [-0.2, 0) is 4.79 Å². The van der Waals surface area contributed by atoms with Gasteiger partial charge in [-0.25, -0.2) is 5.84 Å². The van der Waals surface area contributed by atoms with Crippen LogP contribution in [0.1, 0.15) is 33.6 Å². The standard InChI is InChI=1S/C10H21N3O/c1-8(9(14)12-11)13-6-4-10(2,3)5-7-13/h8H,4-7,11H2,1-3H3,(H,12,14). The second kappa shape index (κ2) is 4.28. The molecule has 1 saturated heterocycles. The van der Waals surface area contributed by atoms with Crippen molar-refractivity contribution in [2.24, 2.45) is 11.3 Å². The predicted octanol–water partition coefficient (Wildman–Crippen LogP) is 0.487. The zero-order valence-electron chi connectivity index (χ0n) is 9.34. The summed E-state index contributed by atoms with van der Waals surface area (Å²) >= 11 is 0. The van der Waals surface area contributed by atoms with Crippen molar-refractivity contribution in [2.45, 2.75) is 39.7 Å². The molecule has 1 unspecified atom stereocenters. The molecule has 14 heavy (non-hydrogen) atoms. The summed E-state index contributed by atoms with van der Waals surface area (Å²) in [7, 11) is 0. The topological polar surface area (TPSA) is 58.4 Å². The molecule has 82 valence electrons. The number of carbonyl (C=O) groups excluding carboxylic acids is 1. The SMILES string of the molecule is CC(C(=O)NN)N1CCC(C)(C)CC1. The maximum atomic E-state index is 11.3. The number of rotatable bonds is 2. The predicted molar refractivity (Wildman–Crippen MR) is 56.4 cm³/mol. The fraction of sp³-hybridized carbons (Fsp3) is 0.900. The van der Waals surface area contributed by atoms with Crippen LogP contribution in [0.15, 0.2) is 0 Å². The van der Waals surface area contributed by atoms with E-state index in [2.05, 4.69) is 24.2 Å². The van der Waals surface area contributed by atoms with Gasteiger partial charge in [0.1, 0.15) is 0 Å². The van der Waals surface area contributed by atoms with Gasteiger partial charge in [0.2, 0.25) is 0 Å². The summed E-state index contributed by atoms with van der Waals surface area (Å²) in [6, 6.07) is -0.101. The maximum absolute atomic E-state index is 11.3. The van der Waals surface area contributed by atoms with Gasteiger partial charge in [0.15, 0.2) is 0 Å². The third-order valence-corrected chi connectivity index (χ3v) is 3.22. The summed E-state index contributed by atoms with van der Waals surface area (Å²) in [5.41, 5.74) is 2.63. The molecule has 0 aromatic rings. The molecule has 0 radical (unpaired) electrons. The van der Waals surface area contributed by atoms with Crippen LogP contribution in [0.25, 0.3) is 0 Å². The normalized spacial score (nSPS) is 24.3. The van der Waals surface area contributed by atoms with Crippen molar-refractivity contribution in [1.29, 1.82) is 0 Å². The minimum Gasteiger partial charge on any atom is -0.293 e. The average Bonchev–Trinajstić information content (AvgIpc) is 2.15. The first kappa shape index (κ1) is 11.5. The number of carbonyl (C=O) groups is 1. The Balaban J connectivity index is 2.45. The second-order valence-electron chi connectivity index (χ2n) is 4.88. The third kappa shape index (κ3) is 2.69. The van der Waals surface area contributed by atoms with Gasteiger partial charge in [0.25, 0.3) is 5.91 Å². The van der Waals surface area contributed by atoms with Crippen molar-refractivity contribution < 1.29 is 4.79 Å². The van der Waals surface area contributed by atoms with Crippen molar-refractivity contribution in [3.05, 3.63) is 0 Å². The largest absolute Gasteiger partial charge is 0.293 e. The highest BCUT2D eigenvalue weighted by Crippen LogP contribution is 2.30. The van der Waals surface area contributed by atoms with Crippen LogP contribution in [0.4, 0.5) is 0 Å². The summed E-state index contributed by atoms with van der Waals surface area (Å²) in [5, 5.41) is 0. The van der Waals surface area contributed by atoms with Gasteiger partial charge >= 0.3 is 0 Å². The lowest BCUT2D eigenvalue weighted by molar-refractivity contribution is -0.126. The molecule has 1 rings (SSSR count). The smallest absolute Gasteiger partial charge is 0.250 e. The van der Waals surface area contributed by atoms with Gasteiger partial charge in [-0.3, -0.25) is 15.1 Å². The molecule has 4 nitrogen and oxygen atoms in total. The Bertz CT molecular complexity index is 205. The van der Waals surface area contributed by atoms with E-state index in [-0.39, 0.29) is 11.9 Å². The lowest BCUT2D eigenvalue weighted by Gasteiger charge is -2.39. The van der Waals surface area contributed by atoms with E-state index in [9.17, 15) is 4.79 Å². The Kier molecular flexibility index (Phi) is 3.50. The van der Waals surface area contributed by atoms with Crippen molar-refractivity contribution >= 4 is 5.91 Å². The first-order valence-electron chi connectivity index (χ1n) is 5.21. The van der Waals surface area contributed by atoms with Crippen LogP contribution >= 0.6 is 0 Å². The van der Waals surface area contributed by atoms with E-state index in [1.54, 1.807) is 0 Å². The summed E-state index contributed by atoms with van der Waals surface area (Å²) < 4.78 is 0. The van der Waals surface area contributed by atoms with Gasteiger partial charge in [0.05, 0.1) is 6.04 Å². The molecule has 0 aliphatic carbocycles. The number of hydrazine groups is 1. The minimum atomic E-state index is -0.101. The van der Waals surface area contributed by atoms with Gasteiger partial charge in [-0.2, -0.15) is 0 Å². The summed E-state index contributed by atoms with van der Waals surface area (Å²) in [5.74, 6) is 5.01.